The molecule has 3 fully saturated rings. The molecular formula is C19H28N4O2. The minimum Gasteiger partial charge on any atom is -0.342 e. The Hall–Kier alpha value is -1.85. The van der Waals surface area contributed by atoms with Crippen LogP contribution in [-0.2, 0) is 16.1 Å². The number of piperidine rings is 2. The van der Waals surface area contributed by atoms with E-state index >= 15 is 0 Å². The molecule has 1 aromatic heterocycles. The molecule has 1 aromatic rings. The summed E-state index contributed by atoms with van der Waals surface area (Å²) in [5.41, 5.74) is 0.0217. The highest BCUT2D eigenvalue weighted by atomic mass is 16.2. The monoisotopic (exact) mass is 344 g/mol. The van der Waals surface area contributed by atoms with E-state index < -0.39 is 0 Å². The molecule has 0 unspecified atom stereocenters. The third kappa shape index (κ3) is 3.07. The Kier molecular flexibility index (Phi) is 4.08. The molecule has 1 aliphatic carbocycles. The highest BCUT2D eigenvalue weighted by Gasteiger charge is 2.53. The van der Waals surface area contributed by atoms with Gasteiger partial charge in [0.15, 0.2) is 0 Å². The van der Waals surface area contributed by atoms with Gasteiger partial charge in [0.25, 0.3) is 0 Å². The van der Waals surface area contributed by atoms with Crippen molar-refractivity contribution in [2.24, 2.45) is 10.8 Å². The largest absolute Gasteiger partial charge is 0.342 e. The van der Waals surface area contributed by atoms with E-state index in [1.165, 1.54) is 0 Å². The summed E-state index contributed by atoms with van der Waals surface area (Å²) in [6.07, 6.45) is 9.39. The molecular weight excluding hydrogens is 316 g/mol. The number of nitrogens with zero attached hydrogens (tertiary/aromatic N) is 4. The summed E-state index contributed by atoms with van der Waals surface area (Å²) < 4.78 is 1.89. The lowest BCUT2D eigenvalue weighted by Gasteiger charge is -2.47. The van der Waals surface area contributed by atoms with Gasteiger partial charge >= 0.3 is 0 Å². The molecule has 2 amide bonds. The first-order chi connectivity index (χ1) is 12.1. The van der Waals surface area contributed by atoms with Crippen molar-refractivity contribution >= 4 is 11.8 Å². The van der Waals surface area contributed by atoms with E-state index in [-0.39, 0.29) is 10.8 Å². The Morgan fingerprint density at radius 2 is 1.96 bits per heavy atom. The van der Waals surface area contributed by atoms with E-state index in [1.54, 1.807) is 6.20 Å². The lowest BCUT2D eigenvalue weighted by Crippen LogP contribution is -2.53. The van der Waals surface area contributed by atoms with Crippen LogP contribution in [0.4, 0.5) is 0 Å². The van der Waals surface area contributed by atoms with E-state index in [4.69, 9.17) is 0 Å². The van der Waals surface area contributed by atoms with Crippen molar-refractivity contribution in [2.45, 2.75) is 52.0 Å². The Morgan fingerprint density at radius 1 is 1.20 bits per heavy atom. The SMILES string of the molecule is CCN1CC2(CCC1=O)CCN(C(=O)C1(Cn3cccn3)CC1)CC2. The highest BCUT2D eigenvalue weighted by Crippen LogP contribution is 2.50. The molecule has 1 spiro atoms. The van der Waals surface area contributed by atoms with E-state index in [1.807, 2.05) is 21.8 Å². The smallest absolute Gasteiger partial charge is 0.230 e. The summed E-state index contributed by atoms with van der Waals surface area (Å²) in [4.78, 5) is 29.1. The first kappa shape index (κ1) is 16.6. The predicted octanol–water partition coefficient (Wildman–Crippen LogP) is 1.91. The second-order valence-electron chi connectivity index (χ2n) is 8.18. The quantitative estimate of drug-likeness (QED) is 0.838. The molecule has 0 radical (unpaired) electrons. The van der Waals surface area contributed by atoms with Gasteiger partial charge in [0, 0.05) is 45.0 Å². The van der Waals surface area contributed by atoms with Crippen LogP contribution in [0.3, 0.4) is 0 Å². The lowest BCUT2D eigenvalue weighted by molar-refractivity contribution is -0.145. The minimum atomic E-state index is -0.214. The van der Waals surface area contributed by atoms with Crippen LogP contribution in [-0.4, -0.2) is 57.6 Å². The molecule has 6 heteroatoms. The molecule has 0 bridgehead atoms. The first-order valence-corrected chi connectivity index (χ1v) is 9.61. The van der Waals surface area contributed by atoms with Crippen LogP contribution in [0.5, 0.6) is 0 Å². The second kappa shape index (κ2) is 6.15. The molecule has 0 aromatic carbocycles. The summed E-state index contributed by atoms with van der Waals surface area (Å²) in [6, 6.07) is 1.91. The maximum absolute atomic E-state index is 13.1. The fourth-order valence-electron chi connectivity index (χ4n) is 4.61. The zero-order chi connectivity index (χ0) is 17.5. The van der Waals surface area contributed by atoms with E-state index in [2.05, 4.69) is 16.9 Å². The first-order valence-electron chi connectivity index (χ1n) is 9.61. The van der Waals surface area contributed by atoms with E-state index in [0.29, 0.717) is 24.8 Å². The Balaban J connectivity index is 1.37. The number of carbonyl (C=O) groups is 2. The number of likely N-dealkylation sites (tertiary alicyclic amines) is 2. The Labute approximate surface area is 149 Å². The summed E-state index contributed by atoms with van der Waals surface area (Å²) in [7, 11) is 0. The van der Waals surface area contributed by atoms with Crippen LogP contribution in [0.2, 0.25) is 0 Å². The van der Waals surface area contributed by atoms with Crippen molar-refractivity contribution in [2.75, 3.05) is 26.2 Å². The van der Waals surface area contributed by atoms with E-state index in [9.17, 15) is 9.59 Å². The third-order valence-corrected chi connectivity index (χ3v) is 6.57. The summed E-state index contributed by atoms with van der Waals surface area (Å²) in [6.45, 7) is 6.12. The average molecular weight is 344 g/mol. The topological polar surface area (TPSA) is 58.4 Å². The van der Waals surface area contributed by atoms with Crippen molar-refractivity contribution < 1.29 is 9.59 Å². The molecule has 1 saturated carbocycles. The number of amides is 2. The molecule has 4 rings (SSSR count). The molecule has 2 aliphatic heterocycles. The number of aromatic nitrogens is 2. The zero-order valence-corrected chi connectivity index (χ0v) is 15.1. The molecule has 0 atom stereocenters. The molecule has 3 aliphatic rings. The van der Waals surface area contributed by atoms with Crippen LogP contribution in [0.25, 0.3) is 0 Å². The van der Waals surface area contributed by atoms with Crippen molar-refractivity contribution in [3.05, 3.63) is 18.5 Å². The standard InChI is InChI=1S/C19H28N4O2/c1-2-21-14-18(5-4-16(21)24)8-12-22(13-9-18)17(25)19(6-7-19)15-23-11-3-10-20-23/h3,10-11H,2,4-9,12-15H2,1H3. The van der Waals surface area contributed by atoms with Gasteiger partial charge in [-0.05, 0) is 50.5 Å². The highest BCUT2D eigenvalue weighted by molar-refractivity contribution is 5.85. The van der Waals surface area contributed by atoms with Gasteiger partial charge in [-0.15, -0.1) is 0 Å². The van der Waals surface area contributed by atoms with Gasteiger partial charge in [-0.3, -0.25) is 14.3 Å². The van der Waals surface area contributed by atoms with Gasteiger partial charge < -0.3 is 9.80 Å². The third-order valence-electron chi connectivity index (χ3n) is 6.57. The van der Waals surface area contributed by atoms with E-state index in [0.717, 1.165) is 58.3 Å². The molecule has 136 valence electrons. The molecule has 6 nitrogen and oxygen atoms in total. The number of hydrogen-bond donors (Lipinski definition) is 0. The van der Waals surface area contributed by atoms with Crippen molar-refractivity contribution in [1.29, 1.82) is 0 Å². The van der Waals surface area contributed by atoms with Crippen LogP contribution in [0.15, 0.2) is 18.5 Å². The molecule has 3 heterocycles. The van der Waals surface area contributed by atoms with Gasteiger partial charge in [0.2, 0.25) is 11.8 Å². The number of rotatable bonds is 4. The van der Waals surface area contributed by atoms with Crippen LogP contribution in [0.1, 0.15) is 45.4 Å². The van der Waals surface area contributed by atoms with Gasteiger partial charge in [0.1, 0.15) is 0 Å². The van der Waals surface area contributed by atoms with Crippen molar-refractivity contribution in [3.63, 3.8) is 0 Å². The molecule has 25 heavy (non-hydrogen) atoms. The lowest BCUT2D eigenvalue weighted by atomic mass is 9.72. The zero-order valence-electron chi connectivity index (χ0n) is 15.1. The maximum atomic E-state index is 13.1. The normalized spacial score (nSPS) is 24.6. The second-order valence-corrected chi connectivity index (χ2v) is 8.18. The summed E-state index contributed by atoms with van der Waals surface area (Å²) >= 11 is 0. The van der Waals surface area contributed by atoms with Gasteiger partial charge in [0.05, 0.1) is 12.0 Å². The van der Waals surface area contributed by atoms with Gasteiger partial charge in [-0.2, -0.15) is 5.10 Å². The fraction of sp³-hybridized carbons (Fsp3) is 0.737. The molecule has 0 N–H and O–H groups in total. The maximum Gasteiger partial charge on any atom is 0.230 e. The average Bonchev–Trinajstić information content (AvgIpc) is 3.23. The van der Waals surface area contributed by atoms with Crippen LogP contribution < -0.4 is 0 Å². The van der Waals surface area contributed by atoms with Crippen LogP contribution >= 0.6 is 0 Å². The Morgan fingerprint density at radius 3 is 2.56 bits per heavy atom. The number of carbonyl (C=O) groups excluding carboxylic acids is 2. The van der Waals surface area contributed by atoms with Crippen molar-refractivity contribution in [3.8, 4) is 0 Å². The van der Waals surface area contributed by atoms with Gasteiger partial charge in [-0.25, -0.2) is 0 Å². The summed E-state index contributed by atoms with van der Waals surface area (Å²) in [5, 5.41) is 4.27. The predicted molar refractivity (Wildman–Crippen MR) is 93.6 cm³/mol. The summed E-state index contributed by atoms with van der Waals surface area (Å²) in [5.74, 6) is 0.611. The molecule has 2 saturated heterocycles. The van der Waals surface area contributed by atoms with Crippen molar-refractivity contribution in [1.82, 2.24) is 19.6 Å². The van der Waals surface area contributed by atoms with Crippen LogP contribution in [0, 0.1) is 10.8 Å². The number of hydrogen-bond acceptors (Lipinski definition) is 3. The fourth-order valence-corrected chi connectivity index (χ4v) is 4.61. The Bertz CT molecular complexity index is 642. The minimum absolute atomic E-state index is 0.214. The van der Waals surface area contributed by atoms with Gasteiger partial charge in [-0.1, -0.05) is 0 Å².